The van der Waals surface area contributed by atoms with Crippen LogP contribution >= 0.6 is 0 Å². The number of ether oxygens (including phenoxy) is 2. The summed E-state index contributed by atoms with van der Waals surface area (Å²) in [6.45, 7) is 10.7. The molecule has 1 aromatic rings. The first-order valence-electron chi connectivity index (χ1n) is 8.93. The monoisotopic (exact) mass is 348 g/mol. The number of amides is 1. The molecule has 0 radical (unpaired) electrons. The van der Waals surface area contributed by atoms with E-state index >= 15 is 0 Å². The molecule has 3 heterocycles. The Morgan fingerprint density at radius 1 is 1.24 bits per heavy atom. The largest absolute Gasteiger partial charge is 0.467 e. The molecular formula is C18H28N4O3. The van der Waals surface area contributed by atoms with Crippen LogP contribution < -0.4 is 9.64 Å². The first-order valence-corrected chi connectivity index (χ1v) is 8.93. The van der Waals surface area contributed by atoms with E-state index in [2.05, 4.69) is 21.8 Å². The fourth-order valence-corrected chi connectivity index (χ4v) is 3.41. The molecule has 7 nitrogen and oxygen atoms in total. The van der Waals surface area contributed by atoms with E-state index in [-0.39, 0.29) is 6.09 Å². The number of aromatic nitrogens is 2. The van der Waals surface area contributed by atoms with Crippen molar-refractivity contribution < 1.29 is 14.3 Å². The predicted octanol–water partition coefficient (Wildman–Crippen LogP) is 2.97. The molecule has 1 fully saturated rings. The normalized spacial score (nSPS) is 20.4. The van der Waals surface area contributed by atoms with Gasteiger partial charge < -0.3 is 14.4 Å². The number of carbonyl (C=O) groups is 1. The molecule has 138 valence electrons. The van der Waals surface area contributed by atoms with Gasteiger partial charge in [-0.1, -0.05) is 6.92 Å². The number of carbonyl (C=O) groups excluding carboxylic acids is 1. The molecule has 0 bridgehead atoms. The van der Waals surface area contributed by atoms with Gasteiger partial charge in [0.25, 0.3) is 0 Å². The van der Waals surface area contributed by atoms with Gasteiger partial charge in [0.1, 0.15) is 11.4 Å². The topological polar surface area (TPSA) is 67.8 Å². The van der Waals surface area contributed by atoms with E-state index in [0.717, 1.165) is 36.6 Å². The van der Waals surface area contributed by atoms with E-state index in [1.165, 1.54) is 6.42 Å². The zero-order valence-electron chi connectivity index (χ0n) is 15.8. The van der Waals surface area contributed by atoms with Crippen LogP contribution in [0.1, 0.15) is 51.8 Å². The van der Waals surface area contributed by atoms with Gasteiger partial charge in [-0.2, -0.15) is 9.97 Å². The minimum atomic E-state index is -0.514. The van der Waals surface area contributed by atoms with Crippen LogP contribution in [0.3, 0.4) is 0 Å². The Balaban J connectivity index is 1.86. The third kappa shape index (κ3) is 3.96. The van der Waals surface area contributed by atoms with Crippen molar-refractivity contribution in [3.8, 4) is 6.01 Å². The van der Waals surface area contributed by atoms with Crippen LogP contribution in [-0.2, 0) is 17.8 Å². The van der Waals surface area contributed by atoms with Gasteiger partial charge in [0.05, 0.1) is 25.9 Å². The van der Waals surface area contributed by atoms with Crippen LogP contribution in [0.25, 0.3) is 0 Å². The minimum absolute atomic E-state index is 0.317. The number of anilines is 1. The molecule has 0 N–H and O–H groups in total. The Morgan fingerprint density at radius 3 is 2.64 bits per heavy atom. The van der Waals surface area contributed by atoms with Gasteiger partial charge >= 0.3 is 12.1 Å². The van der Waals surface area contributed by atoms with E-state index in [4.69, 9.17) is 9.47 Å². The van der Waals surface area contributed by atoms with Crippen LogP contribution in [0, 0.1) is 5.92 Å². The van der Waals surface area contributed by atoms with Crippen molar-refractivity contribution in [2.45, 2.75) is 59.2 Å². The van der Waals surface area contributed by atoms with Gasteiger partial charge in [-0.15, -0.1) is 0 Å². The Kier molecular flexibility index (Phi) is 4.75. The molecule has 1 aromatic heterocycles. The summed E-state index contributed by atoms with van der Waals surface area (Å²) in [5, 5.41) is 0. The predicted molar refractivity (Wildman–Crippen MR) is 94.7 cm³/mol. The van der Waals surface area contributed by atoms with Gasteiger partial charge in [-0.3, -0.25) is 4.90 Å². The van der Waals surface area contributed by atoms with Crippen molar-refractivity contribution in [1.82, 2.24) is 14.9 Å². The van der Waals surface area contributed by atoms with Crippen LogP contribution in [0.4, 0.5) is 10.6 Å². The molecule has 0 aromatic carbocycles. The molecule has 0 saturated carbocycles. The molecule has 25 heavy (non-hydrogen) atoms. The summed E-state index contributed by atoms with van der Waals surface area (Å²) in [7, 11) is 1.57. The molecule has 2 aliphatic rings. The molecule has 3 rings (SSSR count). The SMILES string of the molecule is COc1nc2c(c(N3CCCC(C)C3)n1)CN(C(=O)OC(C)(C)C)C2. The third-order valence-electron chi connectivity index (χ3n) is 4.53. The van der Waals surface area contributed by atoms with Crippen molar-refractivity contribution in [2.75, 3.05) is 25.1 Å². The molecule has 0 aliphatic carbocycles. The maximum atomic E-state index is 12.4. The maximum Gasteiger partial charge on any atom is 0.410 e. The van der Waals surface area contributed by atoms with E-state index in [0.29, 0.717) is 25.0 Å². The molecule has 1 saturated heterocycles. The van der Waals surface area contributed by atoms with E-state index in [9.17, 15) is 4.79 Å². The standard InChI is InChI=1S/C18H28N4O3/c1-12-7-6-8-21(9-12)15-13-10-22(17(23)25-18(2,3)4)11-14(13)19-16(20-15)24-5/h12H,6-11H2,1-5H3. The van der Waals surface area contributed by atoms with Crippen LogP contribution in [0.2, 0.25) is 0 Å². The number of piperidine rings is 1. The van der Waals surface area contributed by atoms with Crippen LogP contribution in [0.15, 0.2) is 0 Å². The molecule has 0 spiro atoms. The highest BCUT2D eigenvalue weighted by atomic mass is 16.6. The van der Waals surface area contributed by atoms with Gasteiger partial charge in [-0.05, 0) is 39.5 Å². The molecular weight excluding hydrogens is 320 g/mol. The summed E-state index contributed by atoms with van der Waals surface area (Å²) < 4.78 is 10.8. The Morgan fingerprint density at radius 2 is 2.00 bits per heavy atom. The summed E-state index contributed by atoms with van der Waals surface area (Å²) in [4.78, 5) is 25.5. The number of hydrogen-bond acceptors (Lipinski definition) is 6. The Bertz CT molecular complexity index is 656. The maximum absolute atomic E-state index is 12.4. The van der Waals surface area contributed by atoms with Gasteiger partial charge in [0.2, 0.25) is 0 Å². The van der Waals surface area contributed by atoms with E-state index in [1.807, 2.05) is 20.8 Å². The highest BCUT2D eigenvalue weighted by Crippen LogP contribution is 2.33. The highest BCUT2D eigenvalue weighted by molar-refractivity contribution is 5.70. The number of nitrogens with zero attached hydrogens (tertiary/aromatic N) is 4. The van der Waals surface area contributed by atoms with Gasteiger partial charge in [0, 0.05) is 18.7 Å². The van der Waals surface area contributed by atoms with Gasteiger partial charge in [-0.25, -0.2) is 4.79 Å². The second kappa shape index (κ2) is 6.69. The van der Waals surface area contributed by atoms with E-state index in [1.54, 1.807) is 12.0 Å². The lowest BCUT2D eigenvalue weighted by Crippen LogP contribution is -2.36. The average molecular weight is 348 g/mol. The lowest BCUT2D eigenvalue weighted by Gasteiger charge is -2.33. The highest BCUT2D eigenvalue weighted by Gasteiger charge is 2.33. The molecule has 7 heteroatoms. The summed E-state index contributed by atoms with van der Waals surface area (Å²) in [6.07, 6.45) is 2.07. The first kappa shape index (κ1) is 17.8. The van der Waals surface area contributed by atoms with E-state index < -0.39 is 5.60 Å². The zero-order chi connectivity index (χ0) is 18.2. The smallest absolute Gasteiger partial charge is 0.410 e. The number of rotatable bonds is 2. The fraction of sp³-hybridized carbons (Fsp3) is 0.722. The lowest BCUT2D eigenvalue weighted by molar-refractivity contribution is 0.0240. The van der Waals surface area contributed by atoms with Crippen molar-refractivity contribution in [3.05, 3.63) is 11.3 Å². The number of methoxy groups -OCH3 is 1. The van der Waals surface area contributed by atoms with Crippen molar-refractivity contribution in [2.24, 2.45) is 5.92 Å². The molecule has 1 unspecified atom stereocenters. The number of fused-ring (bicyclic) bond motifs is 1. The summed E-state index contributed by atoms with van der Waals surface area (Å²) in [5.41, 5.74) is 1.35. The number of hydrogen-bond donors (Lipinski definition) is 0. The zero-order valence-corrected chi connectivity index (χ0v) is 15.8. The summed E-state index contributed by atoms with van der Waals surface area (Å²) >= 11 is 0. The van der Waals surface area contributed by atoms with Crippen LogP contribution in [0.5, 0.6) is 6.01 Å². The first-order chi connectivity index (χ1) is 11.8. The third-order valence-corrected chi connectivity index (χ3v) is 4.53. The summed E-state index contributed by atoms with van der Waals surface area (Å²) in [5.74, 6) is 1.54. The van der Waals surface area contributed by atoms with Crippen LogP contribution in [-0.4, -0.2) is 46.8 Å². The Hall–Kier alpha value is -2.05. The molecule has 1 atom stereocenters. The average Bonchev–Trinajstić information content (AvgIpc) is 2.96. The van der Waals surface area contributed by atoms with Crippen molar-refractivity contribution in [1.29, 1.82) is 0 Å². The Labute approximate surface area is 149 Å². The minimum Gasteiger partial charge on any atom is -0.467 e. The second-order valence-corrected chi connectivity index (χ2v) is 7.99. The second-order valence-electron chi connectivity index (χ2n) is 7.99. The lowest BCUT2D eigenvalue weighted by atomic mass is 10.00. The van der Waals surface area contributed by atoms with Crippen molar-refractivity contribution in [3.63, 3.8) is 0 Å². The molecule has 2 aliphatic heterocycles. The van der Waals surface area contributed by atoms with Gasteiger partial charge in [0.15, 0.2) is 0 Å². The quantitative estimate of drug-likeness (QED) is 0.818. The fourth-order valence-electron chi connectivity index (χ4n) is 3.41. The summed E-state index contributed by atoms with van der Waals surface area (Å²) in [6, 6.07) is 0.359. The van der Waals surface area contributed by atoms with Crippen molar-refractivity contribution >= 4 is 11.9 Å². The molecule has 1 amide bonds.